The van der Waals surface area contributed by atoms with Gasteiger partial charge in [-0.05, 0) is 63.3 Å². The van der Waals surface area contributed by atoms with Crippen molar-refractivity contribution in [3.63, 3.8) is 0 Å². The third-order valence-electron chi connectivity index (χ3n) is 6.29. The van der Waals surface area contributed by atoms with E-state index in [2.05, 4.69) is 16.0 Å². The van der Waals surface area contributed by atoms with Crippen LogP contribution in [0.2, 0.25) is 5.02 Å². The Bertz CT molecular complexity index is 1000. The summed E-state index contributed by atoms with van der Waals surface area (Å²) < 4.78 is 0. The van der Waals surface area contributed by atoms with E-state index in [1.165, 1.54) is 0 Å². The first-order valence-corrected chi connectivity index (χ1v) is 12.1. The summed E-state index contributed by atoms with van der Waals surface area (Å²) in [5.74, 6) is -0.689. The number of rotatable bonds is 7. The minimum absolute atomic E-state index is 0.00686. The van der Waals surface area contributed by atoms with E-state index >= 15 is 0 Å². The molecule has 0 radical (unpaired) electrons. The number of amides is 4. The predicted octanol–water partition coefficient (Wildman–Crippen LogP) is 4.61. The third-order valence-corrected chi connectivity index (χ3v) is 6.62. The van der Waals surface area contributed by atoms with Gasteiger partial charge in [-0.3, -0.25) is 9.59 Å². The van der Waals surface area contributed by atoms with Crippen molar-refractivity contribution in [1.29, 1.82) is 0 Å². The molecule has 3 rings (SSSR count). The molecule has 0 bridgehead atoms. The highest BCUT2D eigenvalue weighted by Crippen LogP contribution is 2.23. The summed E-state index contributed by atoms with van der Waals surface area (Å²) in [6.07, 6.45) is 1.99. The quantitative estimate of drug-likeness (QED) is 0.536. The van der Waals surface area contributed by atoms with Crippen LogP contribution in [0.15, 0.2) is 48.5 Å². The maximum absolute atomic E-state index is 13.1. The van der Waals surface area contributed by atoms with E-state index in [9.17, 15) is 14.4 Å². The van der Waals surface area contributed by atoms with E-state index in [0.717, 1.165) is 17.7 Å². The molecule has 1 heterocycles. The first-order valence-electron chi connectivity index (χ1n) is 11.8. The molecule has 34 heavy (non-hydrogen) atoms. The number of nitrogens with one attached hydrogen (secondary N) is 3. The van der Waals surface area contributed by atoms with Crippen molar-refractivity contribution in [3.8, 4) is 0 Å². The van der Waals surface area contributed by atoms with Crippen molar-refractivity contribution in [2.24, 2.45) is 5.92 Å². The highest BCUT2D eigenvalue weighted by molar-refractivity contribution is 6.33. The van der Waals surface area contributed by atoms with Gasteiger partial charge in [0.05, 0.1) is 10.6 Å². The van der Waals surface area contributed by atoms with Crippen LogP contribution < -0.4 is 16.0 Å². The molecule has 1 fully saturated rings. The van der Waals surface area contributed by atoms with Crippen LogP contribution in [0.3, 0.4) is 0 Å². The predicted molar refractivity (Wildman–Crippen MR) is 135 cm³/mol. The number of anilines is 1. The standard InChI is InChI=1S/C26H33ClN4O3/c1-4-18(3)28-25(33)23(30-24(32)21-7-5-6-8-22(21)27)19-13-15-31(16-14-19)26(34)29-20-11-9-17(2)10-12-20/h5-12,18-19,23H,4,13-16H2,1-3H3,(H,28,33)(H,29,34)(H,30,32). The second-order valence-electron chi connectivity index (χ2n) is 8.87. The van der Waals surface area contributed by atoms with Gasteiger partial charge >= 0.3 is 6.03 Å². The van der Waals surface area contributed by atoms with Gasteiger partial charge in [0, 0.05) is 24.8 Å². The zero-order chi connectivity index (χ0) is 24.7. The molecular weight excluding hydrogens is 452 g/mol. The second kappa shape index (κ2) is 11.9. The number of piperidine rings is 1. The number of carbonyl (C=O) groups is 3. The fraction of sp³-hybridized carbons (Fsp3) is 0.423. The number of halogens is 1. The lowest BCUT2D eigenvalue weighted by Gasteiger charge is -2.36. The highest BCUT2D eigenvalue weighted by atomic mass is 35.5. The minimum atomic E-state index is -0.708. The largest absolute Gasteiger partial charge is 0.352 e. The molecule has 1 aliphatic heterocycles. The van der Waals surface area contributed by atoms with Crippen LogP contribution in [0.4, 0.5) is 10.5 Å². The molecule has 2 aromatic rings. The average molecular weight is 485 g/mol. The Morgan fingerprint density at radius 1 is 1.03 bits per heavy atom. The Balaban J connectivity index is 1.66. The van der Waals surface area contributed by atoms with Gasteiger partial charge in [-0.1, -0.05) is 48.4 Å². The number of nitrogens with zero attached hydrogens (tertiary/aromatic N) is 1. The smallest absolute Gasteiger partial charge is 0.321 e. The Kier molecular flexibility index (Phi) is 8.93. The van der Waals surface area contributed by atoms with E-state index < -0.39 is 6.04 Å². The lowest BCUT2D eigenvalue weighted by atomic mass is 9.88. The summed E-state index contributed by atoms with van der Waals surface area (Å²) in [7, 11) is 0. The zero-order valence-corrected chi connectivity index (χ0v) is 20.7. The number of likely N-dealkylation sites (tertiary alicyclic amines) is 1. The molecule has 0 aliphatic carbocycles. The van der Waals surface area contributed by atoms with Crippen molar-refractivity contribution < 1.29 is 14.4 Å². The number of carbonyl (C=O) groups excluding carboxylic acids is 3. The average Bonchev–Trinajstić information content (AvgIpc) is 2.84. The second-order valence-corrected chi connectivity index (χ2v) is 9.28. The van der Waals surface area contributed by atoms with Crippen LogP contribution in [0.1, 0.15) is 49.0 Å². The van der Waals surface area contributed by atoms with Crippen LogP contribution in [-0.2, 0) is 4.79 Å². The molecule has 182 valence electrons. The normalized spacial score (nSPS) is 15.8. The van der Waals surface area contributed by atoms with Gasteiger partial charge in [0.25, 0.3) is 5.91 Å². The van der Waals surface area contributed by atoms with E-state index in [0.29, 0.717) is 36.5 Å². The van der Waals surface area contributed by atoms with Gasteiger partial charge < -0.3 is 20.9 Å². The Morgan fingerprint density at radius 2 is 1.68 bits per heavy atom. The molecule has 0 aromatic heterocycles. The maximum atomic E-state index is 13.1. The number of benzene rings is 2. The Hall–Kier alpha value is -3.06. The number of urea groups is 1. The summed E-state index contributed by atoms with van der Waals surface area (Å²) in [5.41, 5.74) is 2.20. The van der Waals surface area contributed by atoms with Crippen molar-refractivity contribution in [2.45, 2.75) is 52.1 Å². The van der Waals surface area contributed by atoms with Crippen LogP contribution in [0.5, 0.6) is 0 Å². The van der Waals surface area contributed by atoms with Crippen LogP contribution in [0.25, 0.3) is 0 Å². The van der Waals surface area contributed by atoms with Gasteiger partial charge in [-0.25, -0.2) is 4.79 Å². The Labute approximate surface area is 206 Å². The molecule has 7 nitrogen and oxygen atoms in total. The molecule has 2 aromatic carbocycles. The van der Waals surface area contributed by atoms with Gasteiger partial charge in [0.1, 0.15) is 6.04 Å². The lowest BCUT2D eigenvalue weighted by Crippen LogP contribution is -2.55. The van der Waals surface area contributed by atoms with Crippen LogP contribution in [-0.4, -0.2) is 47.9 Å². The van der Waals surface area contributed by atoms with Crippen molar-refractivity contribution >= 4 is 35.1 Å². The molecule has 0 spiro atoms. The molecule has 1 saturated heterocycles. The van der Waals surface area contributed by atoms with Gasteiger partial charge in [0.2, 0.25) is 5.91 Å². The molecule has 4 amide bonds. The zero-order valence-electron chi connectivity index (χ0n) is 19.9. The molecule has 3 N–H and O–H groups in total. The summed E-state index contributed by atoms with van der Waals surface area (Å²) in [6, 6.07) is 13.5. The van der Waals surface area contributed by atoms with E-state index in [1.807, 2.05) is 45.0 Å². The van der Waals surface area contributed by atoms with E-state index in [4.69, 9.17) is 11.6 Å². The highest BCUT2D eigenvalue weighted by Gasteiger charge is 2.34. The van der Waals surface area contributed by atoms with Crippen LogP contribution >= 0.6 is 11.6 Å². The number of aryl methyl sites for hydroxylation is 1. The first kappa shape index (κ1) is 25.6. The fourth-order valence-electron chi connectivity index (χ4n) is 3.97. The molecule has 8 heteroatoms. The summed E-state index contributed by atoms with van der Waals surface area (Å²) in [6.45, 7) is 6.92. The topological polar surface area (TPSA) is 90.5 Å². The molecule has 2 unspecified atom stereocenters. The third kappa shape index (κ3) is 6.73. The molecule has 1 aliphatic rings. The van der Waals surface area contributed by atoms with E-state index in [-0.39, 0.29) is 29.8 Å². The first-order chi connectivity index (χ1) is 16.3. The summed E-state index contributed by atoms with van der Waals surface area (Å²) >= 11 is 6.19. The Morgan fingerprint density at radius 3 is 2.29 bits per heavy atom. The SMILES string of the molecule is CCC(C)NC(=O)C(NC(=O)c1ccccc1Cl)C1CCN(C(=O)Nc2ccc(C)cc2)CC1. The van der Waals surface area contributed by atoms with Gasteiger partial charge in [-0.2, -0.15) is 0 Å². The maximum Gasteiger partial charge on any atom is 0.321 e. The minimum Gasteiger partial charge on any atom is -0.352 e. The summed E-state index contributed by atoms with van der Waals surface area (Å²) in [5, 5.41) is 9.16. The molecular formula is C26H33ClN4O3. The number of hydrogen-bond acceptors (Lipinski definition) is 3. The van der Waals surface area contributed by atoms with Crippen molar-refractivity contribution in [2.75, 3.05) is 18.4 Å². The lowest BCUT2D eigenvalue weighted by molar-refractivity contribution is -0.125. The van der Waals surface area contributed by atoms with Crippen LogP contribution in [0, 0.1) is 12.8 Å². The monoisotopic (exact) mass is 484 g/mol. The molecule has 0 saturated carbocycles. The molecule has 2 atom stereocenters. The van der Waals surface area contributed by atoms with Crippen molar-refractivity contribution in [3.05, 3.63) is 64.7 Å². The number of hydrogen-bond donors (Lipinski definition) is 3. The van der Waals surface area contributed by atoms with Gasteiger partial charge in [-0.15, -0.1) is 0 Å². The summed E-state index contributed by atoms with van der Waals surface area (Å²) in [4.78, 5) is 40.5. The van der Waals surface area contributed by atoms with Gasteiger partial charge in [0.15, 0.2) is 0 Å². The van der Waals surface area contributed by atoms with Crippen molar-refractivity contribution in [1.82, 2.24) is 15.5 Å². The van der Waals surface area contributed by atoms with E-state index in [1.54, 1.807) is 29.2 Å². The fourth-order valence-corrected chi connectivity index (χ4v) is 4.19.